The molecule has 2 aliphatic rings. The Labute approximate surface area is 143 Å². The number of pyridine rings is 1. The topological polar surface area (TPSA) is 113 Å². The third-order valence-corrected chi connectivity index (χ3v) is 4.47. The number of amides is 1. The minimum atomic E-state index is -0.556. The van der Waals surface area contributed by atoms with Gasteiger partial charge in [-0.3, -0.25) is 10.2 Å². The number of ether oxygens (including phenoxy) is 1. The maximum atomic E-state index is 12.7. The summed E-state index contributed by atoms with van der Waals surface area (Å²) in [6.45, 7) is 1.98. The van der Waals surface area contributed by atoms with Crippen LogP contribution in [0.5, 0.6) is 0 Å². The van der Waals surface area contributed by atoms with E-state index in [2.05, 4.69) is 5.32 Å². The first kappa shape index (κ1) is 15.3. The molecule has 4 N–H and O–H groups in total. The van der Waals surface area contributed by atoms with Gasteiger partial charge in [-0.05, 0) is 12.1 Å². The number of para-hydroxylation sites is 1. The number of nitrogens with two attached hydrogens (primary N) is 1. The molecule has 25 heavy (non-hydrogen) atoms. The van der Waals surface area contributed by atoms with Gasteiger partial charge in [0.15, 0.2) is 0 Å². The fourth-order valence-corrected chi connectivity index (χ4v) is 3.31. The number of hydrogen-bond acceptors (Lipinski definition) is 6. The summed E-state index contributed by atoms with van der Waals surface area (Å²) in [5, 5.41) is 11.2. The van der Waals surface area contributed by atoms with Crippen LogP contribution in [-0.4, -0.2) is 36.1 Å². The van der Waals surface area contributed by atoms with Crippen molar-refractivity contribution in [3.05, 3.63) is 46.9 Å². The van der Waals surface area contributed by atoms with E-state index in [4.69, 9.17) is 15.9 Å². The van der Waals surface area contributed by atoms with Crippen molar-refractivity contribution in [1.82, 2.24) is 4.57 Å². The minimum Gasteiger partial charge on any atom is -0.460 e. The van der Waals surface area contributed by atoms with Crippen molar-refractivity contribution in [2.24, 2.45) is 0 Å². The first-order valence-corrected chi connectivity index (χ1v) is 7.97. The van der Waals surface area contributed by atoms with E-state index in [1.54, 1.807) is 28.8 Å². The lowest BCUT2D eigenvalue weighted by Gasteiger charge is -2.19. The van der Waals surface area contributed by atoms with Gasteiger partial charge in [-0.1, -0.05) is 18.2 Å². The fraction of sp³-hybridized carbons (Fsp3) is 0.235. The molecule has 2 aliphatic heterocycles. The third kappa shape index (κ3) is 2.34. The Morgan fingerprint density at radius 3 is 2.72 bits per heavy atom. The van der Waals surface area contributed by atoms with Gasteiger partial charge in [-0.15, -0.1) is 0 Å². The predicted octanol–water partition coefficient (Wildman–Crippen LogP) is 0.792. The molecule has 0 saturated carbocycles. The normalized spacial score (nSPS) is 15.4. The summed E-state index contributed by atoms with van der Waals surface area (Å²) in [6.07, 6.45) is 0. The highest BCUT2D eigenvalue weighted by Crippen LogP contribution is 2.32. The highest BCUT2D eigenvalue weighted by atomic mass is 16.5. The Bertz CT molecular complexity index is 936. The third-order valence-electron chi connectivity index (χ3n) is 4.47. The van der Waals surface area contributed by atoms with Crippen LogP contribution in [0.3, 0.4) is 0 Å². The molecule has 0 radical (unpaired) electrons. The summed E-state index contributed by atoms with van der Waals surface area (Å²) in [5.41, 5.74) is 6.90. The van der Waals surface area contributed by atoms with Crippen molar-refractivity contribution in [1.29, 1.82) is 5.41 Å². The Morgan fingerprint density at radius 1 is 1.20 bits per heavy atom. The van der Waals surface area contributed by atoms with Gasteiger partial charge >= 0.3 is 5.97 Å². The van der Waals surface area contributed by atoms with E-state index < -0.39 is 11.9 Å². The molecule has 8 nitrogen and oxygen atoms in total. The Morgan fingerprint density at radius 2 is 1.96 bits per heavy atom. The van der Waals surface area contributed by atoms with Crippen molar-refractivity contribution < 1.29 is 14.3 Å². The second-order valence-corrected chi connectivity index (χ2v) is 5.93. The average Bonchev–Trinajstić information content (AvgIpc) is 2.92. The summed E-state index contributed by atoms with van der Waals surface area (Å²) in [5.74, 6) is -0.503. The molecule has 8 heteroatoms. The van der Waals surface area contributed by atoms with E-state index in [0.717, 1.165) is 0 Å². The quantitative estimate of drug-likeness (QED) is 0.700. The lowest BCUT2D eigenvalue weighted by atomic mass is 10.1. The Kier molecular flexibility index (Phi) is 3.45. The SMILES string of the molecule is N=c1c(C(=O)Nc2ccccc2)c(N)c2c3n1CCN3CCOC2=O. The number of aromatic nitrogens is 1. The smallest absolute Gasteiger partial charge is 0.344 e. The summed E-state index contributed by atoms with van der Waals surface area (Å²) in [7, 11) is 0. The second-order valence-electron chi connectivity index (χ2n) is 5.93. The fourth-order valence-electron chi connectivity index (χ4n) is 3.31. The summed E-state index contributed by atoms with van der Waals surface area (Å²) in [4.78, 5) is 27.1. The number of carbonyl (C=O) groups is 2. The maximum Gasteiger partial charge on any atom is 0.344 e. The molecule has 0 aliphatic carbocycles. The minimum absolute atomic E-state index is 0.00174. The van der Waals surface area contributed by atoms with Crippen LogP contribution in [0.1, 0.15) is 20.7 Å². The molecule has 4 rings (SSSR count). The molecular weight excluding hydrogens is 322 g/mol. The lowest BCUT2D eigenvalue weighted by molar-refractivity contribution is 0.0527. The van der Waals surface area contributed by atoms with Crippen molar-refractivity contribution >= 4 is 29.1 Å². The zero-order valence-electron chi connectivity index (χ0n) is 13.4. The van der Waals surface area contributed by atoms with Crippen molar-refractivity contribution in [2.45, 2.75) is 6.54 Å². The van der Waals surface area contributed by atoms with Gasteiger partial charge in [-0.2, -0.15) is 0 Å². The van der Waals surface area contributed by atoms with Crippen LogP contribution < -0.4 is 21.4 Å². The van der Waals surface area contributed by atoms with Crippen molar-refractivity contribution in [3.63, 3.8) is 0 Å². The highest BCUT2D eigenvalue weighted by molar-refractivity contribution is 6.12. The number of benzene rings is 1. The van der Waals surface area contributed by atoms with E-state index in [0.29, 0.717) is 31.1 Å². The Hall–Kier alpha value is -3.29. The van der Waals surface area contributed by atoms with Crippen molar-refractivity contribution in [2.75, 3.05) is 35.6 Å². The van der Waals surface area contributed by atoms with Crippen LogP contribution in [0.2, 0.25) is 0 Å². The van der Waals surface area contributed by atoms with Gasteiger partial charge in [0.1, 0.15) is 29.0 Å². The number of nitrogen functional groups attached to an aromatic ring is 1. The largest absolute Gasteiger partial charge is 0.460 e. The molecule has 0 saturated heterocycles. The molecule has 1 aromatic heterocycles. The summed E-state index contributed by atoms with van der Waals surface area (Å²) in [6, 6.07) is 8.90. The van der Waals surface area contributed by atoms with Crippen LogP contribution in [0, 0.1) is 5.41 Å². The van der Waals surface area contributed by atoms with E-state index in [-0.39, 0.29) is 28.9 Å². The number of rotatable bonds is 2. The molecule has 128 valence electrons. The number of esters is 1. The monoisotopic (exact) mass is 339 g/mol. The van der Waals surface area contributed by atoms with E-state index in [1.807, 2.05) is 11.0 Å². The van der Waals surface area contributed by atoms with Gasteiger partial charge < -0.3 is 25.3 Å². The molecule has 0 atom stereocenters. The zero-order chi connectivity index (χ0) is 17.6. The van der Waals surface area contributed by atoms with E-state index in [1.165, 1.54) is 0 Å². The first-order valence-electron chi connectivity index (χ1n) is 7.97. The molecule has 1 aromatic carbocycles. The van der Waals surface area contributed by atoms with Gasteiger partial charge in [0.25, 0.3) is 5.91 Å². The van der Waals surface area contributed by atoms with Crippen LogP contribution in [-0.2, 0) is 11.3 Å². The van der Waals surface area contributed by atoms with Gasteiger partial charge in [-0.25, -0.2) is 4.79 Å². The van der Waals surface area contributed by atoms with Crippen LogP contribution >= 0.6 is 0 Å². The number of nitrogens with one attached hydrogen (secondary N) is 2. The first-order chi connectivity index (χ1) is 12.1. The van der Waals surface area contributed by atoms with Crippen molar-refractivity contribution in [3.8, 4) is 0 Å². The zero-order valence-corrected chi connectivity index (χ0v) is 13.4. The summed E-state index contributed by atoms with van der Waals surface area (Å²) >= 11 is 0. The standard InChI is InChI=1S/C17H17N5O3/c18-13-11(15(23)20-10-4-2-1-3-5-10)14(19)22-7-6-21-8-9-25-17(24)12(13)16(21)22/h1-5,19H,6-9,18H2,(H,20,23). The molecule has 0 fully saturated rings. The van der Waals surface area contributed by atoms with Gasteiger partial charge in [0.2, 0.25) is 0 Å². The van der Waals surface area contributed by atoms with Gasteiger partial charge in [0.05, 0.1) is 12.2 Å². The van der Waals surface area contributed by atoms with E-state index in [9.17, 15) is 9.59 Å². The maximum absolute atomic E-state index is 12.7. The van der Waals surface area contributed by atoms with E-state index >= 15 is 0 Å². The van der Waals surface area contributed by atoms with Crippen LogP contribution in [0.15, 0.2) is 30.3 Å². The van der Waals surface area contributed by atoms with Crippen LogP contribution in [0.4, 0.5) is 17.2 Å². The molecular formula is C17H17N5O3. The lowest BCUT2D eigenvalue weighted by Crippen LogP contribution is -2.32. The average molecular weight is 339 g/mol. The molecule has 0 bridgehead atoms. The molecule has 0 spiro atoms. The predicted molar refractivity (Wildman–Crippen MR) is 91.6 cm³/mol. The number of cyclic esters (lactones) is 1. The number of anilines is 3. The van der Waals surface area contributed by atoms with Gasteiger partial charge in [0, 0.05) is 18.8 Å². The second kappa shape index (κ2) is 5.66. The number of carbonyl (C=O) groups excluding carboxylic acids is 2. The number of nitrogens with zero attached hydrogens (tertiary/aromatic N) is 2. The Balaban J connectivity index is 1.86. The molecule has 3 heterocycles. The molecule has 0 unspecified atom stereocenters. The highest BCUT2D eigenvalue weighted by Gasteiger charge is 2.35. The number of hydrogen-bond donors (Lipinski definition) is 3. The molecule has 2 aromatic rings. The summed E-state index contributed by atoms with van der Waals surface area (Å²) < 4.78 is 6.85. The van der Waals surface area contributed by atoms with Crippen LogP contribution in [0.25, 0.3) is 0 Å². The molecule has 1 amide bonds.